The maximum atomic E-state index is 13.5. The lowest BCUT2D eigenvalue weighted by Crippen LogP contribution is -2.55. The van der Waals surface area contributed by atoms with Crippen molar-refractivity contribution >= 4 is 35.0 Å². The van der Waals surface area contributed by atoms with Crippen LogP contribution in [0.3, 0.4) is 0 Å². The Labute approximate surface area is 238 Å². The van der Waals surface area contributed by atoms with Gasteiger partial charge in [-0.05, 0) is 37.1 Å². The van der Waals surface area contributed by atoms with Gasteiger partial charge in [0.05, 0.1) is 19.4 Å². The van der Waals surface area contributed by atoms with Gasteiger partial charge in [-0.15, -0.1) is 11.3 Å². The Morgan fingerprint density at radius 2 is 1.93 bits per heavy atom. The Morgan fingerprint density at radius 3 is 2.62 bits per heavy atom. The number of fused-ring (bicyclic) bond motifs is 1. The van der Waals surface area contributed by atoms with Crippen molar-refractivity contribution in [3.05, 3.63) is 69.8 Å². The minimum Gasteiger partial charge on any atom is -0.465 e. The Balaban J connectivity index is 1.40. The topological polar surface area (TPSA) is 124 Å². The molecule has 1 saturated heterocycles. The first kappa shape index (κ1) is 29.3. The normalized spacial score (nSPS) is 22.0. The Hall–Kier alpha value is -4.18. The second-order valence-electron chi connectivity index (χ2n) is 9.45. The number of benzene rings is 1. The Bertz CT molecular complexity index is 1500. The average molecular weight is 612 g/mol. The fraction of sp³-hybridized carbons (Fsp3) is 0.346. The van der Waals surface area contributed by atoms with Gasteiger partial charge in [-0.2, -0.15) is 22.0 Å². The maximum Gasteiger partial charge on any atom is 0.414 e. The summed E-state index contributed by atoms with van der Waals surface area (Å²) in [6.07, 6.45) is -6.15. The molecule has 2 aliphatic rings. The highest BCUT2D eigenvalue weighted by Gasteiger charge is 2.56. The van der Waals surface area contributed by atoms with Gasteiger partial charge in [0.2, 0.25) is 0 Å². The lowest BCUT2D eigenvalue weighted by atomic mass is 9.79. The number of alkyl halides is 5. The molecule has 2 amide bonds. The fourth-order valence-electron chi connectivity index (χ4n) is 4.58. The van der Waals surface area contributed by atoms with Gasteiger partial charge in [0, 0.05) is 16.9 Å². The lowest BCUT2D eigenvalue weighted by Gasteiger charge is -2.45. The number of amidine groups is 1. The average Bonchev–Trinajstić information content (AvgIpc) is 3.41. The summed E-state index contributed by atoms with van der Waals surface area (Å²) in [5.74, 6) is -2.23. The zero-order valence-corrected chi connectivity index (χ0v) is 22.5. The molecule has 0 radical (unpaired) electrons. The molecule has 3 atom stereocenters. The molecule has 2 aromatic heterocycles. The number of carbonyl (C=O) groups is 2. The number of nitrogens with one attached hydrogen (secondary N) is 2. The molecule has 3 aromatic rings. The summed E-state index contributed by atoms with van der Waals surface area (Å²) in [5, 5.41) is 6.78. The van der Waals surface area contributed by atoms with Crippen molar-refractivity contribution in [1.82, 2.24) is 15.3 Å². The maximum absolute atomic E-state index is 13.5. The largest absolute Gasteiger partial charge is 0.465 e. The number of thiazole rings is 1. The van der Waals surface area contributed by atoms with Crippen LogP contribution < -0.4 is 15.4 Å². The van der Waals surface area contributed by atoms with E-state index in [-0.39, 0.29) is 40.5 Å². The molecule has 0 bridgehead atoms. The summed E-state index contributed by atoms with van der Waals surface area (Å²) in [7, 11) is 0. The van der Waals surface area contributed by atoms with Crippen LogP contribution in [0, 0.1) is 12.8 Å². The quantitative estimate of drug-likeness (QED) is 0.388. The van der Waals surface area contributed by atoms with E-state index in [0.717, 1.165) is 17.5 Å². The summed E-state index contributed by atoms with van der Waals surface area (Å²) < 4.78 is 80.6. The minimum absolute atomic E-state index is 0.0525. The first-order valence-electron chi connectivity index (χ1n) is 12.4. The molecule has 3 unspecified atom stereocenters. The smallest absolute Gasteiger partial charge is 0.414 e. The van der Waals surface area contributed by atoms with Gasteiger partial charge in [0.1, 0.15) is 27.8 Å². The third-order valence-electron chi connectivity index (χ3n) is 6.63. The molecule has 222 valence electrons. The molecule has 0 spiro atoms. The number of aryl methyl sites for hydroxylation is 1. The first-order valence-corrected chi connectivity index (χ1v) is 13.3. The SMILES string of the molecule is Cc1cc(OC(F)F)cnc1C(=O)Nc1csc(C23COC(C(F)(F)F)CC2COC(NC(=O)c2ccccc2)=N3)n1. The van der Waals surface area contributed by atoms with Gasteiger partial charge in [0.25, 0.3) is 17.8 Å². The molecule has 0 aliphatic carbocycles. The Morgan fingerprint density at radius 1 is 1.17 bits per heavy atom. The first-order chi connectivity index (χ1) is 19.9. The molecule has 10 nitrogen and oxygen atoms in total. The van der Waals surface area contributed by atoms with Crippen molar-refractivity contribution in [2.45, 2.75) is 37.8 Å². The molecular formula is C26H22F5N5O5S. The second kappa shape index (κ2) is 11.6. The van der Waals surface area contributed by atoms with Crippen molar-refractivity contribution in [2.75, 3.05) is 18.5 Å². The van der Waals surface area contributed by atoms with Crippen molar-refractivity contribution in [2.24, 2.45) is 10.9 Å². The van der Waals surface area contributed by atoms with Gasteiger partial charge in [-0.1, -0.05) is 18.2 Å². The van der Waals surface area contributed by atoms with Gasteiger partial charge in [0.15, 0.2) is 6.10 Å². The van der Waals surface area contributed by atoms with Crippen LogP contribution >= 0.6 is 11.3 Å². The number of ether oxygens (including phenoxy) is 3. The van der Waals surface area contributed by atoms with Crippen LogP contribution in [0.5, 0.6) is 5.75 Å². The number of hydrogen-bond donors (Lipinski definition) is 2. The zero-order valence-electron chi connectivity index (χ0n) is 21.7. The molecule has 42 heavy (non-hydrogen) atoms. The van der Waals surface area contributed by atoms with Crippen LogP contribution in [-0.4, -0.2) is 59.9 Å². The second-order valence-corrected chi connectivity index (χ2v) is 10.3. The van der Waals surface area contributed by atoms with Crippen molar-refractivity contribution in [3.63, 3.8) is 0 Å². The van der Waals surface area contributed by atoms with Crippen LogP contribution in [-0.2, 0) is 15.0 Å². The van der Waals surface area contributed by atoms with E-state index in [1.807, 2.05) is 0 Å². The van der Waals surface area contributed by atoms with E-state index in [9.17, 15) is 31.5 Å². The number of pyridine rings is 1. The van der Waals surface area contributed by atoms with E-state index in [0.29, 0.717) is 5.56 Å². The van der Waals surface area contributed by atoms with Gasteiger partial charge >= 0.3 is 12.8 Å². The third-order valence-corrected chi connectivity index (χ3v) is 7.64. The zero-order chi connectivity index (χ0) is 30.1. The van der Waals surface area contributed by atoms with Crippen LogP contribution in [0.2, 0.25) is 0 Å². The fourth-order valence-corrected chi connectivity index (χ4v) is 5.55. The molecule has 4 heterocycles. The molecular weight excluding hydrogens is 589 g/mol. The molecule has 1 aromatic carbocycles. The summed E-state index contributed by atoms with van der Waals surface area (Å²) >= 11 is 1.02. The number of halogens is 5. The molecule has 16 heteroatoms. The number of aromatic nitrogens is 2. The number of nitrogens with zero attached hydrogens (tertiary/aromatic N) is 3. The summed E-state index contributed by atoms with van der Waals surface area (Å²) in [4.78, 5) is 38.4. The number of amides is 2. The third kappa shape index (κ3) is 6.18. The lowest BCUT2D eigenvalue weighted by molar-refractivity contribution is -0.249. The van der Waals surface area contributed by atoms with E-state index in [1.165, 1.54) is 18.4 Å². The van der Waals surface area contributed by atoms with Crippen LogP contribution in [0.4, 0.5) is 27.8 Å². The van der Waals surface area contributed by atoms with Crippen molar-refractivity contribution in [1.29, 1.82) is 0 Å². The van der Waals surface area contributed by atoms with Gasteiger partial charge in [-0.25, -0.2) is 15.0 Å². The highest BCUT2D eigenvalue weighted by atomic mass is 32.1. The van der Waals surface area contributed by atoms with E-state index in [2.05, 4.69) is 30.3 Å². The number of carbonyl (C=O) groups excluding carboxylic acids is 2. The van der Waals surface area contributed by atoms with Crippen molar-refractivity contribution < 1.29 is 45.8 Å². The van der Waals surface area contributed by atoms with Crippen LogP contribution in [0.1, 0.15) is 37.8 Å². The predicted octanol–water partition coefficient (Wildman–Crippen LogP) is 4.68. The van der Waals surface area contributed by atoms with Crippen molar-refractivity contribution in [3.8, 4) is 5.75 Å². The van der Waals surface area contributed by atoms with Gasteiger partial charge < -0.3 is 19.5 Å². The number of hydrogen-bond acceptors (Lipinski definition) is 9. The summed E-state index contributed by atoms with van der Waals surface area (Å²) in [6, 6.07) is 9.21. The number of rotatable bonds is 6. The van der Waals surface area contributed by atoms with E-state index in [4.69, 9.17) is 9.47 Å². The highest BCUT2D eigenvalue weighted by molar-refractivity contribution is 7.10. The standard InChI is InChI=1S/C26H22F5N5O5S/c1-13-7-16(41-23(27)28)9-32-19(13)21(38)33-18-11-42-22(34-18)25-12-40-17(26(29,30)31)8-15(25)10-39-24(36-25)35-20(37)14-5-3-2-4-6-14/h2-7,9,11,15,17,23H,8,10,12H2,1H3,(H,33,38)(H,35,36,37). The number of anilines is 1. The molecule has 2 aliphatic heterocycles. The predicted molar refractivity (Wildman–Crippen MR) is 139 cm³/mol. The van der Waals surface area contributed by atoms with Crippen LogP contribution in [0.15, 0.2) is 53.0 Å². The van der Waals surface area contributed by atoms with E-state index < -0.39 is 55.2 Å². The highest BCUT2D eigenvalue weighted by Crippen LogP contribution is 2.47. The van der Waals surface area contributed by atoms with E-state index in [1.54, 1.807) is 30.3 Å². The minimum atomic E-state index is -4.61. The molecule has 1 fully saturated rings. The van der Waals surface area contributed by atoms with Crippen LogP contribution in [0.25, 0.3) is 0 Å². The molecule has 2 N–H and O–H groups in total. The summed E-state index contributed by atoms with van der Waals surface area (Å²) in [5.41, 5.74) is -0.957. The van der Waals surface area contributed by atoms with Gasteiger partial charge in [-0.3, -0.25) is 14.9 Å². The van der Waals surface area contributed by atoms with E-state index >= 15 is 0 Å². The monoisotopic (exact) mass is 611 g/mol. The number of aliphatic imine (C=N–C) groups is 1. The summed E-state index contributed by atoms with van der Waals surface area (Å²) in [6.45, 7) is -2.29. The Kier molecular flexibility index (Phi) is 8.10. The molecule has 0 saturated carbocycles. The molecule has 5 rings (SSSR count).